The van der Waals surface area contributed by atoms with E-state index >= 15 is 0 Å². The van der Waals surface area contributed by atoms with E-state index in [1.807, 2.05) is 74.4 Å². The van der Waals surface area contributed by atoms with E-state index in [4.69, 9.17) is 16.3 Å². The van der Waals surface area contributed by atoms with E-state index in [9.17, 15) is 28.7 Å². The number of aryl methyl sites for hydroxylation is 3. The summed E-state index contributed by atoms with van der Waals surface area (Å²) in [6, 6.07) is 14.1. The number of unbranched alkanes of at least 4 members (excludes halogenated alkanes) is 9. The average molecular weight is 1180 g/mol. The second kappa shape index (κ2) is 31.7. The molecule has 3 aromatic heterocycles. The van der Waals surface area contributed by atoms with Crippen LogP contribution in [0.2, 0.25) is 5.02 Å². The van der Waals surface area contributed by atoms with Gasteiger partial charge in [0.25, 0.3) is 0 Å². The number of hydrogen-bond donors (Lipinski definition) is 5. The Morgan fingerprint density at radius 3 is 2.37 bits per heavy atom. The summed E-state index contributed by atoms with van der Waals surface area (Å²) in [4.78, 5) is 71.9. The van der Waals surface area contributed by atoms with Crippen LogP contribution in [0.5, 0.6) is 5.75 Å². The van der Waals surface area contributed by atoms with Crippen molar-refractivity contribution in [3.8, 4) is 16.2 Å². The van der Waals surface area contributed by atoms with Crippen LogP contribution in [0.1, 0.15) is 135 Å². The molecule has 6 aromatic rings. The summed E-state index contributed by atoms with van der Waals surface area (Å²) in [6.45, 7) is 15.8. The van der Waals surface area contributed by atoms with Gasteiger partial charge in [0.2, 0.25) is 23.6 Å². The molecule has 446 valence electrons. The lowest BCUT2D eigenvalue weighted by Crippen LogP contribution is -2.57. The van der Waals surface area contributed by atoms with Gasteiger partial charge in [0.05, 0.1) is 50.7 Å². The quantitative estimate of drug-likeness (QED) is 0.0196. The summed E-state index contributed by atoms with van der Waals surface area (Å²) >= 11 is 7.63. The molecule has 3 atom stereocenters. The van der Waals surface area contributed by atoms with Crippen LogP contribution < -0.4 is 26.0 Å². The Morgan fingerprint density at radius 2 is 1.66 bits per heavy atom. The van der Waals surface area contributed by atoms with E-state index in [2.05, 4.69) is 65.3 Å². The molecule has 3 aromatic carbocycles. The fourth-order valence-corrected chi connectivity index (χ4v) is 11.0. The number of anilines is 3. The zero-order valence-corrected chi connectivity index (χ0v) is 50.5. The molecule has 21 heteroatoms. The minimum absolute atomic E-state index is 0.0217. The van der Waals surface area contributed by atoms with Crippen LogP contribution in [-0.2, 0) is 38.7 Å². The number of ether oxygens (including phenoxy) is 1. The number of hydrogen-bond acceptors (Lipinski definition) is 14. The molecule has 4 heterocycles. The highest BCUT2D eigenvalue weighted by atomic mass is 35.5. The largest absolute Gasteiger partial charge is 0.491 e. The van der Waals surface area contributed by atoms with Gasteiger partial charge in [0.1, 0.15) is 35.8 Å². The second-order valence-corrected chi connectivity index (χ2v) is 23.6. The second-order valence-electron chi connectivity index (χ2n) is 22.4. The lowest BCUT2D eigenvalue weighted by molar-refractivity contribution is -0.144. The Bertz CT molecular complexity index is 3110. The maximum Gasteiger partial charge on any atom is 0.248 e. The van der Waals surface area contributed by atoms with Crippen LogP contribution in [0.25, 0.3) is 21.3 Å². The minimum Gasteiger partial charge on any atom is -0.491 e. The summed E-state index contributed by atoms with van der Waals surface area (Å²) in [5, 5.41) is 32.1. The average Bonchev–Trinajstić information content (AvgIpc) is 4.30. The third-order valence-electron chi connectivity index (χ3n) is 14.9. The number of likely N-dealkylation sites (tertiary alicyclic amines) is 1. The first kappa shape index (κ1) is 63.7. The van der Waals surface area contributed by atoms with E-state index < -0.39 is 29.4 Å². The molecule has 0 unspecified atom stereocenters. The number of carbonyl (C=O) groups is 4. The highest BCUT2D eigenvalue weighted by molar-refractivity contribution is 7.13. The molecule has 1 aliphatic rings. The fraction of sp³-hybridized carbons (Fsp3) is 0.500. The fourth-order valence-electron chi connectivity index (χ4n) is 10.0. The number of halogens is 2. The van der Waals surface area contributed by atoms with Crippen LogP contribution in [-0.4, -0.2) is 119 Å². The summed E-state index contributed by atoms with van der Waals surface area (Å²) in [5.74, 6) is -0.767. The molecule has 0 radical (unpaired) electrons. The number of benzene rings is 3. The number of carbonyl (C=O) groups excluding carboxylic acids is 4. The molecule has 0 saturated carbocycles. The highest BCUT2D eigenvalue weighted by Crippen LogP contribution is 2.35. The van der Waals surface area contributed by atoms with E-state index in [0.29, 0.717) is 53.4 Å². The number of aromatic nitrogens is 6. The maximum absolute atomic E-state index is 14.1. The zero-order chi connectivity index (χ0) is 59.3. The third-order valence-corrected chi connectivity index (χ3v) is 16.1. The zero-order valence-electron chi connectivity index (χ0n) is 48.9. The number of nitrogens with zero attached hydrogens (tertiary/aromatic N) is 8. The summed E-state index contributed by atoms with van der Waals surface area (Å²) in [6.07, 6.45) is 17.9. The monoisotopic (exact) mass is 1180 g/mol. The van der Waals surface area contributed by atoms with Crippen LogP contribution in [0.3, 0.4) is 0 Å². The first-order valence-electron chi connectivity index (χ1n) is 29.3. The van der Waals surface area contributed by atoms with Crippen molar-refractivity contribution in [1.29, 1.82) is 0 Å². The van der Waals surface area contributed by atoms with Gasteiger partial charge in [-0.15, -0.1) is 16.4 Å². The molecular weight excluding hydrogens is 1100 g/mol. The minimum atomic E-state index is -0.853. The van der Waals surface area contributed by atoms with Crippen molar-refractivity contribution in [3.05, 3.63) is 113 Å². The molecule has 0 bridgehead atoms. The van der Waals surface area contributed by atoms with Crippen LogP contribution in [0.4, 0.5) is 21.6 Å². The van der Waals surface area contributed by atoms with E-state index in [0.717, 1.165) is 124 Å². The molecule has 1 saturated heterocycles. The molecular formula is C62H82ClFN12O6S. The Balaban J connectivity index is 0.761. The normalized spacial score (nSPS) is 14.8. The number of likely N-dealkylation sites (N-methyl/N-ethyl adjacent to an activating group) is 1. The number of rotatable bonds is 32. The molecule has 0 aliphatic carbocycles. The number of aliphatic hydroxyl groups is 1. The van der Waals surface area contributed by atoms with Gasteiger partial charge in [-0.1, -0.05) is 120 Å². The number of β-amino-alcohol motifs (C(OH)–C–C–N with tert-alkyl or cyclic N) is 1. The van der Waals surface area contributed by atoms with Crippen molar-refractivity contribution in [2.24, 2.45) is 5.41 Å². The Morgan fingerprint density at radius 1 is 0.928 bits per heavy atom. The van der Waals surface area contributed by atoms with Gasteiger partial charge in [-0.25, -0.2) is 19.3 Å². The van der Waals surface area contributed by atoms with Crippen LogP contribution >= 0.6 is 22.9 Å². The molecule has 1 aliphatic heterocycles. The number of amides is 4. The predicted molar refractivity (Wildman–Crippen MR) is 326 cm³/mol. The van der Waals surface area contributed by atoms with Gasteiger partial charge in [-0.3, -0.25) is 23.9 Å². The third kappa shape index (κ3) is 19.3. The van der Waals surface area contributed by atoms with Gasteiger partial charge >= 0.3 is 0 Å². The van der Waals surface area contributed by atoms with Gasteiger partial charge in [-0.2, -0.15) is 0 Å². The molecule has 1 fully saturated rings. The molecule has 83 heavy (non-hydrogen) atoms. The van der Waals surface area contributed by atoms with E-state index in [1.165, 1.54) is 29.4 Å². The Kier molecular flexibility index (Phi) is 24.3. The van der Waals surface area contributed by atoms with Gasteiger partial charge in [0, 0.05) is 68.4 Å². The maximum atomic E-state index is 14.1. The smallest absolute Gasteiger partial charge is 0.248 e. The Labute approximate surface area is 496 Å². The van der Waals surface area contributed by atoms with Crippen LogP contribution in [0, 0.1) is 18.2 Å². The Hall–Kier alpha value is -6.87. The predicted octanol–water partition coefficient (Wildman–Crippen LogP) is 11.1. The first-order valence-corrected chi connectivity index (χ1v) is 30.5. The first-order chi connectivity index (χ1) is 40.0. The van der Waals surface area contributed by atoms with Crippen molar-refractivity contribution < 1.29 is 33.4 Å². The summed E-state index contributed by atoms with van der Waals surface area (Å²) < 4.78 is 22.1. The lowest BCUT2D eigenvalue weighted by Gasteiger charge is -2.35. The number of aliphatic hydroxyl groups excluding tert-OH is 1. The van der Waals surface area contributed by atoms with Gasteiger partial charge < -0.3 is 40.9 Å². The number of nitrogens with one attached hydrogen (secondary N) is 4. The topological polar surface area (TPSA) is 222 Å². The molecule has 4 amide bonds. The number of fused-ring (bicyclic) bond motifs is 1. The molecule has 0 spiro atoms. The number of thiazole rings is 1. The summed E-state index contributed by atoms with van der Waals surface area (Å²) in [7, 11) is 0. The van der Waals surface area contributed by atoms with Crippen LogP contribution in [0.15, 0.2) is 84.8 Å². The van der Waals surface area contributed by atoms with Crippen molar-refractivity contribution in [2.45, 2.75) is 163 Å². The molecule has 18 nitrogen and oxygen atoms in total. The van der Waals surface area contributed by atoms with Crippen molar-refractivity contribution in [2.75, 3.05) is 43.4 Å². The SMILES string of the molecule is CCN(CC)C/C=C/C(=O)Nc1cc2c(Nc3ccc(F)c(Cl)c3)ncnc2cc1OCCCCCc1cn(CCCCCCCCCCC(=O)N[C@H](C(=O)N2C[C@H](O)C[C@H]2C(=O)NCc2ccc(-c3scnc3C)cc2)C(C)(C)C)nn1. The van der Waals surface area contributed by atoms with E-state index in [1.54, 1.807) is 29.5 Å². The van der Waals surface area contributed by atoms with Crippen molar-refractivity contribution in [3.63, 3.8) is 0 Å². The lowest BCUT2D eigenvalue weighted by atomic mass is 9.85. The van der Waals surface area contributed by atoms with E-state index in [-0.39, 0.29) is 48.2 Å². The van der Waals surface area contributed by atoms with Crippen molar-refractivity contribution >= 4 is 74.7 Å². The van der Waals surface area contributed by atoms with Gasteiger partial charge in [-0.05, 0) is 99.3 Å². The summed E-state index contributed by atoms with van der Waals surface area (Å²) in [5.41, 5.74) is 6.71. The molecule has 7 rings (SSSR count). The molecule has 5 N–H and O–H groups in total. The highest BCUT2D eigenvalue weighted by Gasteiger charge is 2.44. The van der Waals surface area contributed by atoms with Gasteiger partial charge in [0.15, 0.2) is 0 Å². The standard InChI is InChI=1S/C62H82ClFN12O6S/c1-7-74(8-2)30-20-23-55(78)70-52-35-48-51(66-40-67-59(48)69-45-28-29-50(64)49(63)33-45)36-54(52)82-32-19-15-16-21-46-38-75(73-72-46)31-18-14-12-10-9-11-13-17-22-56(79)71-58(62(4,5)6)61(81)76-39-47(77)34-53(76)60(80)65-37-43-24-26-44(27-25-43)57-42(3)68-41-83-57/h20,23-29,33,35-36,38,40-41,47,53,58,77H,7-19,21-22,30-32,34,37,39H2,1-6H3,(H,65,80)(H,70,78)(H,71,79)(H,66,67,69)/b23-20+/t47-,53+,58-/m1/s1. The van der Waals surface area contributed by atoms with Crippen molar-refractivity contribution in [1.82, 2.24) is 50.4 Å².